The molecule has 1 heterocycles. The second kappa shape index (κ2) is 6.02. The maximum atomic E-state index is 12.4. The van der Waals surface area contributed by atoms with E-state index in [1.54, 1.807) is 0 Å². The molecule has 1 aliphatic rings. The topological polar surface area (TPSA) is 20.3 Å². The lowest BCUT2D eigenvalue weighted by atomic mass is 9.93. The van der Waals surface area contributed by atoms with E-state index in [0.717, 1.165) is 25.1 Å². The van der Waals surface area contributed by atoms with Crippen LogP contribution in [0.25, 0.3) is 0 Å². The van der Waals surface area contributed by atoms with E-state index in [1.165, 1.54) is 5.56 Å². The highest BCUT2D eigenvalue weighted by Gasteiger charge is 2.30. The van der Waals surface area contributed by atoms with Crippen molar-refractivity contribution in [2.75, 3.05) is 6.54 Å². The lowest BCUT2D eigenvalue weighted by molar-refractivity contribution is -0.127. The summed E-state index contributed by atoms with van der Waals surface area (Å²) in [5.74, 6) is 0.346. The fourth-order valence-corrected chi connectivity index (χ4v) is 2.95. The molecule has 0 saturated carbocycles. The van der Waals surface area contributed by atoms with Crippen LogP contribution in [0.3, 0.4) is 0 Å². The number of Topliss-reactive ketones (excluding diaryl/α,β-unsaturated/α-hetero) is 1. The van der Waals surface area contributed by atoms with Crippen molar-refractivity contribution < 1.29 is 4.79 Å². The Labute approximate surface area is 120 Å². The molecule has 2 heteroatoms. The van der Waals surface area contributed by atoms with Gasteiger partial charge in [-0.1, -0.05) is 60.7 Å². The van der Waals surface area contributed by atoms with Crippen LogP contribution in [0.4, 0.5) is 0 Å². The minimum Gasteiger partial charge on any atom is -0.298 e. The molecule has 0 aromatic heterocycles. The van der Waals surface area contributed by atoms with Crippen molar-refractivity contribution in [2.24, 2.45) is 0 Å². The van der Waals surface area contributed by atoms with Crippen LogP contribution in [-0.4, -0.2) is 17.2 Å². The Morgan fingerprint density at radius 2 is 1.60 bits per heavy atom. The lowest BCUT2D eigenvalue weighted by Crippen LogP contribution is -2.38. The second-order valence-corrected chi connectivity index (χ2v) is 5.34. The third-order valence-electron chi connectivity index (χ3n) is 3.88. The normalized spacial score (nSPS) is 20.0. The summed E-state index contributed by atoms with van der Waals surface area (Å²) in [4.78, 5) is 14.7. The van der Waals surface area contributed by atoms with Crippen molar-refractivity contribution in [3.63, 3.8) is 0 Å². The number of ketones is 1. The molecular formula is C18H19NO. The number of hydrogen-bond donors (Lipinski definition) is 0. The first-order valence-corrected chi connectivity index (χ1v) is 7.20. The predicted octanol–water partition coefficient (Wildman–Crippen LogP) is 3.59. The van der Waals surface area contributed by atoms with Crippen molar-refractivity contribution in [3.05, 3.63) is 71.8 Å². The van der Waals surface area contributed by atoms with Crippen LogP contribution in [0.2, 0.25) is 0 Å². The number of carbonyl (C=O) groups excluding carboxylic acids is 1. The summed E-state index contributed by atoms with van der Waals surface area (Å²) in [5.41, 5.74) is 2.39. The van der Waals surface area contributed by atoms with Crippen LogP contribution in [0.5, 0.6) is 0 Å². The third-order valence-corrected chi connectivity index (χ3v) is 3.88. The van der Waals surface area contributed by atoms with E-state index in [2.05, 4.69) is 41.3 Å². The maximum absolute atomic E-state index is 12.4. The van der Waals surface area contributed by atoms with E-state index in [-0.39, 0.29) is 6.04 Å². The van der Waals surface area contributed by atoms with Crippen LogP contribution >= 0.6 is 0 Å². The summed E-state index contributed by atoms with van der Waals surface area (Å²) >= 11 is 0. The summed E-state index contributed by atoms with van der Waals surface area (Å²) < 4.78 is 0. The molecule has 0 spiro atoms. The van der Waals surface area contributed by atoms with Crippen molar-refractivity contribution >= 4 is 5.78 Å². The van der Waals surface area contributed by atoms with E-state index in [9.17, 15) is 4.79 Å². The van der Waals surface area contributed by atoms with Gasteiger partial charge >= 0.3 is 0 Å². The highest BCUT2D eigenvalue weighted by molar-refractivity contribution is 5.86. The molecule has 0 radical (unpaired) electrons. The molecule has 1 atom stereocenters. The summed E-state index contributed by atoms with van der Waals surface area (Å²) in [7, 11) is 0. The number of benzene rings is 2. The molecule has 1 aliphatic heterocycles. The van der Waals surface area contributed by atoms with E-state index < -0.39 is 0 Å². The molecule has 1 unspecified atom stereocenters. The van der Waals surface area contributed by atoms with Gasteiger partial charge in [0.2, 0.25) is 0 Å². The molecule has 0 amide bonds. The van der Waals surface area contributed by atoms with Crippen LogP contribution in [0, 0.1) is 0 Å². The molecular weight excluding hydrogens is 246 g/mol. The fourth-order valence-electron chi connectivity index (χ4n) is 2.95. The van der Waals surface area contributed by atoms with Gasteiger partial charge in [0.15, 0.2) is 5.78 Å². The molecule has 0 aliphatic carbocycles. The molecule has 1 saturated heterocycles. The van der Waals surface area contributed by atoms with Gasteiger partial charge in [-0.3, -0.25) is 9.69 Å². The van der Waals surface area contributed by atoms with E-state index in [4.69, 9.17) is 0 Å². The van der Waals surface area contributed by atoms with Gasteiger partial charge in [0.25, 0.3) is 0 Å². The molecule has 2 aromatic rings. The van der Waals surface area contributed by atoms with Gasteiger partial charge in [-0.05, 0) is 24.1 Å². The quantitative estimate of drug-likeness (QED) is 0.845. The monoisotopic (exact) mass is 265 g/mol. The Balaban J connectivity index is 1.85. The number of nitrogens with zero attached hydrogens (tertiary/aromatic N) is 1. The van der Waals surface area contributed by atoms with E-state index in [1.807, 2.05) is 24.3 Å². The van der Waals surface area contributed by atoms with Crippen molar-refractivity contribution in [3.8, 4) is 0 Å². The van der Waals surface area contributed by atoms with Gasteiger partial charge in [0.05, 0.1) is 6.04 Å². The molecule has 0 N–H and O–H groups in total. The van der Waals surface area contributed by atoms with Crippen molar-refractivity contribution in [2.45, 2.75) is 25.4 Å². The van der Waals surface area contributed by atoms with Crippen LogP contribution in [0.15, 0.2) is 60.7 Å². The standard InChI is InChI=1S/C18H19NO/c20-17-12-7-13-19(14-15-8-3-1-4-9-15)18(17)16-10-5-2-6-11-16/h1-6,8-11,18H,7,12-14H2. The summed E-state index contributed by atoms with van der Waals surface area (Å²) in [6, 6.07) is 20.5. The van der Waals surface area contributed by atoms with E-state index >= 15 is 0 Å². The molecule has 3 rings (SSSR count). The van der Waals surface area contributed by atoms with Gasteiger partial charge in [0, 0.05) is 13.0 Å². The molecule has 102 valence electrons. The van der Waals surface area contributed by atoms with Crippen molar-refractivity contribution in [1.82, 2.24) is 4.90 Å². The second-order valence-electron chi connectivity index (χ2n) is 5.34. The molecule has 0 bridgehead atoms. The SMILES string of the molecule is O=C1CCCN(Cc2ccccc2)C1c1ccccc1. The summed E-state index contributed by atoms with van der Waals surface area (Å²) in [6.07, 6.45) is 1.67. The average Bonchev–Trinajstić information content (AvgIpc) is 2.49. The fraction of sp³-hybridized carbons (Fsp3) is 0.278. The summed E-state index contributed by atoms with van der Waals surface area (Å²) in [5, 5.41) is 0. The number of hydrogen-bond acceptors (Lipinski definition) is 2. The molecule has 2 aromatic carbocycles. The van der Waals surface area contributed by atoms with Gasteiger partial charge in [0.1, 0.15) is 0 Å². The highest BCUT2D eigenvalue weighted by Crippen LogP contribution is 2.29. The zero-order valence-electron chi connectivity index (χ0n) is 11.5. The predicted molar refractivity (Wildman–Crippen MR) is 80.3 cm³/mol. The smallest absolute Gasteiger partial charge is 0.154 e. The zero-order valence-corrected chi connectivity index (χ0v) is 11.5. The number of likely N-dealkylation sites (tertiary alicyclic amines) is 1. The first-order chi connectivity index (χ1) is 9.84. The largest absolute Gasteiger partial charge is 0.298 e. The lowest BCUT2D eigenvalue weighted by Gasteiger charge is -2.34. The Hall–Kier alpha value is -1.93. The Morgan fingerprint density at radius 1 is 0.950 bits per heavy atom. The summed E-state index contributed by atoms with van der Waals surface area (Å²) in [6.45, 7) is 1.83. The van der Waals surface area contributed by atoms with E-state index in [0.29, 0.717) is 12.2 Å². The maximum Gasteiger partial charge on any atom is 0.154 e. The molecule has 1 fully saturated rings. The van der Waals surface area contributed by atoms with Crippen molar-refractivity contribution in [1.29, 1.82) is 0 Å². The van der Waals surface area contributed by atoms with Gasteiger partial charge in [-0.15, -0.1) is 0 Å². The first kappa shape index (κ1) is 13.1. The highest BCUT2D eigenvalue weighted by atomic mass is 16.1. The molecule has 2 nitrogen and oxygen atoms in total. The number of rotatable bonds is 3. The van der Waals surface area contributed by atoms with Gasteiger partial charge < -0.3 is 0 Å². The Morgan fingerprint density at radius 3 is 2.30 bits per heavy atom. The minimum atomic E-state index is -0.0786. The number of carbonyl (C=O) groups is 1. The Kier molecular flexibility index (Phi) is 3.93. The van der Waals surface area contributed by atoms with Gasteiger partial charge in [-0.2, -0.15) is 0 Å². The van der Waals surface area contributed by atoms with Crippen LogP contribution in [-0.2, 0) is 11.3 Å². The van der Waals surface area contributed by atoms with Gasteiger partial charge in [-0.25, -0.2) is 0 Å². The van der Waals surface area contributed by atoms with Crippen LogP contribution < -0.4 is 0 Å². The zero-order chi connectivity index (χ0) is 13.8. The third kappa shape index (κ3) is 2.81. The average molecular weight is 265 g/mol. The molecule has 20 heavy (non-hydrogen) atoms. The Bertz CT molecular complexity index is 564. The minimum absolute atomic E-state index is 0.0786. The first-order valence-electron chi connectivity index (χ1n) is 7.20. The van der Waals surface area contributed by atoms with Crippen LogP contribution in [0.1, 0.15) is 30.0 Å². The number of piperidine rings is 1.